The van der Waals surface area contributed by atoms with Gasteiger partial charge in [0, 0.05) is 24.7 Å². The van der Waals surface area contributed by atoms with E-state index in [0.717, 1.165) is 30.8 Å². The lowest BCUT2D eigenvalue weighted by Crippen LogP contribution is -2.47. The third-order valence-corrected chi connectivity index (χ3v) is 6.40. The van der Waals surface area contributed by atoms with Crippen LogP contribution in [0.25, 0.3) is 0 Å². The quantitative estimate of drug-likeness (QED) is 0.561. The van der Waals surface area contributed by atoms with Crippen molar-refractivity contribution in [2.75, 3.05) is 20.8 Å². The van der Waals surface area contributed by atoms with Crippen LogP contribution in [-0.2, 0) is 13.0 Å². The predicted molar refractivity (Wildman–Crippen MR) is 131 cm³/mol. The van der Waals surface area contributed by atoms with Crippen LogP contribution in [0, 0.1) is 6.92 Å². The van der Waals surface area contributed by atoms with Crippen LogP contribution < -0.4 is 14.8 Å². The van der Waals surface area contributed by atoms with Crippen LogP contribution in [0.15, 0.2) is 66.7 Å². The lowest BCUT2D eigenvalue weighted by atomic mass is 9.87. The number of carbonyl (C=O) groups excluding carboxylic acids is 1. The standard InChI is InChI=1S/C28H32N2O3/c1-19-10-12-22(13-11-19)28(31)29-20(2)27-24-17-26(33-4)25(32-3)16-23(24)14-15-30(27)18-21-8-6-5-7-9-21/h5-13,16-17,20,27H,14-15,18H2,1-4H3,(H,29,31)/t20-,27+/m0/s1. The van der Waals surface area contributed by atoms with E-state index in [0.29, 0.717) is 11.3 Å². The van der Waals surface area contributed by atoms with E-state index < -0.39 is 0 Å². The van der Waals surface area contributed by atoms with Gasteiger partial charge in [0.15, 0.2) is 11.5 Å². The Balaban J connectivity index is 1.67. The van der Waals surface area contributed by atoms with Gasteiger partial charge in [0.2, 0.25) is 0 Å². The Morgan fingerprint density at radius 1 is 1.03 bits per heavy atom. The topological polar surface area (TPSA) is 50.8 Å². The van der Waals surface area contributed by atoms with Crippen LogP contribution in [0.1, 0.15) is 45.6 Å². The molecular formula is C28H32N2O3. The molecule has 5 nitrogen and oxygen atoms in total. The molecule has 0 aromatic heterocycles. The highest BCUT2D eigenvalue weighted by Gasteiger charge is 2.34. The van der Waals surface area contributed by atoms with Crippen molar-refractivity contribution in [3.05, 3.63) is 94.5 Å². The van der Waals surface area contributed by atoms with Crippen LogP contribution in [0.3, 0.4) is 0 Å². The van der Waals surface area contributed by atoms with Crippen molar-refractivity contribution in [1.29, 1.82) is 0 Å². The van der Waals surface area contributed by atoms with Crippen LogP contribution in [0.4, 0.5) is 0 Å². The van der Waals surface area contributed by atoms with E-state index in [9.17, 15) is 4.79 Å². The van der Waals surface area contributed by atoms with E-state index >= 15 is 0 Å². The number of methoxy groups -OCH3 is 2. The van der Waals surface area contributed by atoms with E-state index in [4.69, 9.17) is 9.47 Å². The second kappa shape index (κ2) is 10.1. The maximum Gasteiger partial charge on any atom is 0.251 e. The van der Waals surface area contributed by atoms with Crippen molar-refractivity contribution < 1.29 is 14.3 Å². The van der Waals surface area contributed by atoms with Gasteiger partial charge in [0.05, 0.1) is 20.3 Å². The fraction of sp³-hybridized carbons (Fsp3) is 0.321. The molecule has 4 rings (SSSR count). The van der Waals surface area contributed by atoms with Crippen molar-refractivity contribution in [2.24, 2.45) is 0 Å². The molecule has 3 aromatic carbocycles. The molecular weight excluding hydrogens is 412 g/mol. The summed E-state index contributed by atoms with van der Waals surface area (Å²) in [5.74, 6) is 1.39. The molecule has 1 aliphatic heterocycles. The highest BCUT2D eigenvalue weighted by Crippen LogP contribution is 2.40. The fourth-order valence-corrected chi connectivity index (χ4v) is 4.68. The third-order valence-electron chi connectivity index (χ3n) is 6.40. The molecule has 1 aliphatic rings. The van der Waals surface area contributed by atoms with E-state index in [1.165, 1.54) is 16.7 Å². The molecule has 1 N–H and O–H groups in total. The second-order valence-corrected chi connectivity index (χ2v) is 8.69. The van der Waals surface area contributed by atoms with Gasteiger partial charge >= 0.3 is 0 Å². The maximum absolute atomic E-state index is 13.0. The zero-order chi connectivity index (χ0) is 23.4. The Bertz CT molecular complexity index is 1100. The van der Waals surface area contributed by atoms with Crippen molar-refractivity contribution in [2.45, 2.75) is 38.9 Å². The Morgan fingerprint density at radius 3 is 2.36 bits per heavy atom. The Hall–Kier alpha value is -3.31. The van der Waals surface area contributed by atoms with Crippen molar-refractivity contribution in [3.63, 3.8) is 0 Å². The summed E-state index contributed by atoms with van der Waals surface area (Å²) in [6.45, 7) is 5.81. The molecule has 172 valence electrons. The molecule has 0 saturated carbocycles. The minimum Gasteiger partial charge on any atom is -0.493 e. The molecule has 1 amide bonds. The maximum atomic E-state index is 13.0. The average molecular weight is 445 g/mol. The summed E-state index contributed by atoms with van der Waals surface area (Å²) >= 11 is 0. The fourth-order valence-electron chi connectivity index (χ4n) is 4.68. The highest BCUT2D eigenvalue weighted by molar-refractivity contribution is 5.94. The largest absolute Gasteiger partial charge is 0.493 e. The van der Waals surface area contributed by atoms with Gasteiger partial charge in [0.1, 0.15) is 0 Å². The molecule has 33 heavy (non-hydrogen) atoms. The van der Waals surface area contributed by atoms with Gasteiger partial charge < -0.3 is 14.8 Å². The van der Waals surface area contributed by atoms with E-state index in [-0.39, 0.29) is 18.0 Å². The number of fused-ring (bicyclic) bond motifs is 1. The number of rotatable bonds is 7. The number of benzene rings is 3. The van der Waals surface area contributed by atoms with Gasteiger partial charge in [-0.2, -0.15) is 0 Å². The molecule has 2 atom stereocenters. The number of aryl methyl sites for hydroxylation is 1. The smallest absolute Gasteiger partial charge is 0.251 e. The molecule has 0 radical (unpaired) electrons. The first-order valence-electron chi connectivity index (χ1n) is 11.4. The van der Waals surface area contributed by atoms with Gasteiger partial charge in [-0.1, -0.05) is 48.0 Å². The first kappa shape index (κ1) is 22.9. The van der Waals surface area contributed by atoms with E-state index in [1.807, 2.05) is 37.3 Å². The lowest BCUT2D eigenvalue weighted by Gasteiger charge is -2.41. The minimum absolute atomic E-state index is 0.00293. The Morgan fingerprint density at radius 2 is 1.70 bits per heavy atom. The Kier molecular flexibility index (Phi) is 6.99. The molecule has 0 unspecified atom stereocenters. The zero-order valence-electron chi connectivity index (χ0n) is 19.8. The van der Waals surface area contributed by atoms with E-state index in [1.54, 1.807) is 14.2 Å². The molecule has 0 fully saturated rings. The van der Waals surface area contributed by atoms with Crippen molar-refractivity contribution in [1.82, 2.24) is 10.2 Å². The van der Waals surface area contributed by atoms with Crippen molar-refractivity contribution >= 4 is 5.91 Å². The van der Waals surface area contributed by atoms with E-state index in [2.05, 4.69) is 53.5 Å². The summed E-state index contributed by atoms with van der Waals surface area (Å²) in [5.41, 5.74) is 5.47. The summed E-state index contributed by atoms with van der Waals surface area (Å²) in [6, 6.07) is 22.2. The molecule has 1 heterocycles. The van der Waals surface area contributed by atoms with Gasteiger partial charge in [-0.05, 0) is 61.2 Å². The summed E-state index contributed by atoms with van der Waals surface area (Å²) in [5, 5.41) is 3.26. The number of nitrogens with one attached hydrogen (secondary N) is 1. The lowest BCUT2D eigenvalue weighted by molar-refractivity contribution is 0.0877. The zero-order valence-corrected chi connectivity index (χ0v) is 19.8. The number of ether oxygens (including phenoxy) is 2. The number of hydrogen-bond donors (Lipinski definition) is 1. The van der Waals surface area contributed by atoms with Gasteiger partial charge in [-0.25, -0.2) is 0 Å². The highest BCUT2D eigenvalue weighted by atomic mass is 16.5. The van der Waals surface area contributed by atoms with Crippen LogP contribution >= 0.6 is 0 Å². The predicted octanol–water partition coefficient (Wildman–Crippen LogP) is 4.93. The first-order chi connectivity index (χ1) is 16.0. The van der Waals surface area contributed by atoms with Crippen LogP contribution in [0.5, 0.6) is 11.5 Å². The number of carbonyl (C=O) groups is 1. The average Bonchev–Trinajstić information content (AvgIpc) is 2.83. The monoisotopic (exact) mass is 444 g/mol. The minimum atomic E-state index is -0.111. The van der Waals surface area contributed by atoms with Crippen LogP contribution in [-0.4, -0.2) is 37.6 Å². The van der Waals surface area contributed by atoms with Crippen molar-refractivity contribution in [3.8, 4) is 11.5 Å². The summed E-state index contributed by atoms with van der Waals surface area (Å²) < 4.78 is 11.2. The Labute approximate surface area is 196 Å². The summed E-state index contributed by atoms with van der Waals surface area (Å²) in [7, 11) is 3.32. The number of amides is 1. The SMILES string of the molecule is COc1cc2c(cc1OC)[C@@H]([C@H](C)NC(=O)c1ccc(C)cc1)N(Cc1ccccc1)CC2. The molecule has 0 spiro atoms. The number of nitrogens with zero attached hydrogens (tertiary/aromatic N) is 1. The summed E-state index contributed by atoms with van der Waals surface area (Å²) in [6.07, 6.45) is 0.914. The number of hydrogen-bond acceptors (Lipinski definition) is 4. The molecule has 0 saturated heterocycles. The van der Waals surface area contributed by atoms with Crippen LogP contribution in [0.2, 0.25) is 0 Å². The molecule has 0 bridgehead atoms. The third kappa shape index (κ3) is 5.04. The second-order valence-electron chi connectivity index (χ2n) is 8.69. The molecule has 5 heteroatoms. The molecule has 0 aliphatic carbocycles. The van der Waals surface area contributed by atoms with Gasteiger partial charge in [-0.15, -0.1) is 0 Å². The normalized spacial score (nSPS) is 16.5. The first-order valence-corrected chi connectivity index (χ1v) is 11.4. The summed E-state index contributed by atoms with van der Waals surface area (Å²) in [4.78, 5) is 15.5. The molecule has 3 aromatic rings. The van der Waals surface area contributed by atoms with Gasteiger partial charge in [0.25, 0.3) is 5.91 Å². The van der Waals surface area contributed by atoms with Gasteiger partial charge in [-0.3, -0.25) is 9.69 Å².